The van der Waals surface area contributed by atoms with Gasteiger partial charge in [-0.15, -0.1) is 12.3 Å². The molecule has 5 nitrogen and oxygen atoms in total. The van der Waals surface area contributed by atoms with E-state index in [1.165, 1.54) is 5.56 Å². The lowest BCUT2D eigenvalue weighted by Crippen LogP contribution is -2.30. The summed E-state index contributed by atoms with van der Waals surface area (Å²) in [6.07, 6.45) is 13.7. The summed E-state index contributed by atoms with van der Waals surface area (Å²) in [5, 5.41) is 8.19. The first-order valence-corrected chi connectivity index (χ1v) is 8.25. The standard InChI is InChI=1S/C18H22N4O/c1-2-3-8-18(20-21-18)9-4-17(23)22-12-7-16(14-22)13-15-5-10-19-11-6-15/h1,5-6,10-11,16H,3-4,7-9,12-14H2. The summed E-state index contributed by atoms with van der Waals surface area (Å²) in [5.41, 5.74) is 0.946. The van der Waals surface area contributed by atoms with Gasteiger partial charge in [-0.2, -0.15) is 10.2 Å². The van der Waals surface area contributed by atoms with E-state index in [9.17, 15) is 4.79 Å². The van der Waals surface area contributed by atoms with E-state index < -0.39 is 0 Å². The molecule has 0 spiro atoms. The van der Waals surface area contributed by atoms with Crippen LogP contribution in [0.2, 0.25) is 0 Å². The Balaban J connectivity index is 1.42. The van der Waals surface area contributed by atoms with Gasteiger partial charge in [0.05, 0.1) is 0 Å². The summed E-state index contributed by atoms with van der Waals surface area (Å²) in [5.74, 6) is 3.39. The summed E-state index contributed by atoms with van der Waals surface area (Å²) in [6.45, 7) is 1.72. The summed E-state index contributed by atoms with van der Waals surface area (Å²) in [4.78, 5) is 18.4. The fourth-order valence-electron chi connectivity index (χ4n) is 3.21. The van der Waals surface area contributed by atoms with Crippen LogP contribution in [0.15, 0.2) is 34.8 Å². The van der Waals surface area contributed by atoms with Crippen LogP contribution in [0.25, 0.3) is 0 Å². The number of terminal acetylenes is 1. The molecular weight excluding hydrogens is 288 g/mol. The molecule has 0 N–H and O–H groups in total. The maximum Gasteiger partial charge on any atom is 0.222 e. The van der Waals surface area contributed by atoms with Crippen molar-refractivity contribution in [1.29, 1.82) is 0 Å². The van der Waals surface area contributed by atoms with Crippen LogP contribution in [-0.2, 0) is 11.2 Å². The molecule has 2 aliphatic rings. The maximum atomic E-state index is 12.4. The zero-order valence-corrected chi connectivity index (χ0v) is 13.3. The average Bonchev–Trinajstić information content (AvgIpc) is 3.20. The molecule has 1 atom stereocenters. The van der Waals surface area contributed by atoms with Gasteiger partial charge >= 0.3 is 0 Å². The van der Waals surface area contributed by atoms with Crippen molar-refractivity contribution in [2.24, 2.45) is 16.1 Å². The molecule has 1 amide bonds. The number of nitrogens with zero attached hydrogens (tertiary/aromatic N) is 4. The second-order valence-electron chi connectivity index (χ2n) is 6.44. The summed E-state index contributed by atoms with van der Waals surface area (Å²) < 4.78 is 0. The highest BCUT2D eigenvalue weighted by Crippen LogP contribution is 2.38. The predicted octanol–water partition coefficient (Wildman–Crippen LogP) is 2.83. The van der Waals surface area contributed by atoms with Crippen molar-refractivity contribution < 1.29 is 4.79 Å². The Morgan fingerprint density at radius 2 is 2.13 bits per heavy atom. The minimum atomic E-state index is -0.349. The maximum absolute atomic E-state index is 12.4. The zero-order valence-electron chi connectivity index (χ0n) is 13.3. The quantitative estimate of drug-likeness (QED) is 0.727. The third kappa shape index (κ3) is 4.16. The molecule has 23 heavy (non-hydrogen) atoms. The van der Waals surface area contributed by atoms with Gasteiger partial charge in [-0.1, -0.05) is 0 Å². The zero-order chi connectivity index (χ0) is 16.1. The number of rotatable bonds is 7. The van der Waals surface area contributed by atoms with Crippen molar-refractivity contribution >= 4 is 5.91 Å². The molecule has 2 aliphatic heterocycles. The lowest BCUT2D eigenvalue weighted by molar-refractivity contribution is -0.130. The minimum absolute atomic E-state index is 0.222. The fraction of sp³-hybridized carbons (Fsp3) is 0.556. The highest BCUT2D eigenvalue weighted by molar-refractivity contribution is 5.76. The smallest absolute Gasteiger partial charge is 0.222 e. The van der Waals surface area contributed by atoms with E-state index in [0.717, 1.165) is 32.4 Å². The van der Waals surface area contributed by atoms with Gasteiger partial charge in [0.25, 0.3) is 0 Å². The van der Waals surface area contributed by atoms with Gasteiger partial charge in [0.15, 0.2) is 5.66 Å². The highest BCUT2D eigenvalue weighted by Gasteiger charge is 2.40. The first kappa shape index (κ1) is 15.7. The summed E-state index contributed by atoms with van der Waals surface area (Å²) >= 11 is 0. The summed E-state index contributed by atoms with van der Waals surface area (Å²) in [6, 6.07) is 4.10. The van der Waals surface area contributed by atoms with Crippen LogP contribution in [0.4, 0.5) is 0 Å². The van der Waals surface area contributed by atoms with Gasteiger partial charge in [0.2, 0.25) is 5.91 Å². The lowest BCUT2D eigenvalue weighted by atomic mass is 9.99. The first-order valence-electron chi connectivity index (χ1n) is 8.25. The molecule has 0 aliphatic carbocycles. The second-order valence-corrected chi connectivity index (χ2v) is 6.44. The Bertz CT molecular complexity index is 614. The van der Waals surface area contributed by atoms with Crippen molar-refractivity contribution in [2.45, 2.75) is 44.2 Å². The third-order valence-corrected chi connectivity index (χ3v) is 4.70. The first-order chi connectivity index (χ1) is 11.2. The van der Waals surface area contributed by atoms with Crippen LogP contribution in [0.1, 0.15) is 37.7 Å². The Hall–Kier alpha value is -2.22. The van der Waals surface area contributed by atoms with E-state index >= 15 is 0 Å². The van der Waals surface area contributed by atoms with Crippen molar-refractivity contribution in [3.8, 4) is 12.3 Å². The van der Waals surface area contributed by atoms with E-state index in [2.05, 4.69) is 33.3 Å². The van der Waals surface area contributed by atoms with Gasteiger partial charge < -0.3 is 4.90 Å². The molecule has 3 rings (SSSR count). The molecular formula is C18H22N4O. The van der Waals surface area contributed by atoms with Crippen molar-refractivity contribution in [3.05, 3.63) is 30.1 Å². The molecule has 3 heterocycles. The van der Waals surface area contributed by atoms with Crippen LogP contribution in [0, 0.1) is 18.3 Å². The molecule has 1 fully saturated rings. The SMILES string of the molecule is C#CCCC1(CCC(=O)N2CCC(Cc3ccncc3)C2)N=N1. The van der Waals surface area contributed by atoms with Crippen LogP contribution in [-0.4, -0.2) is 34.5 Å². The number of pyridine rings is 1. The normalized spacial score (nSPS) is 21.2. The number of hydrogen-bond acceptors (Lipinski definition) is 4. The average molecular weight is 310 g/mol. The molecule has 120 valence electrons. The molecule has 0 saturated carbocycles. The molecule has 5 heteroatoms. The number of carbonyl (C=O) groups is 1. The highest BCUT2D eigenvalue weighted by atomic mass is 16.2. The van der Waals surface area contributed by atoms with E-state index in [4.69, 9.17) is 6.42 Å². The Labute approximate surface area is 137 Å². The van der Waals surface area contributed by atoms with Crippen LogP contribution in [0.5, 0.6) is 0 Å². The Morgan fingerprint density at radius 1 is 1.35 bits per heavy atom. The van der Waals surface area contributed by atoms with E-state index in [1.807, 2.05) is 17.3 Å². The van der Waals surface area contributed by atoms with E-state index in [-0.39, 0.29) is 11.6 Å². The van der Waals surface area contributed by atoms with Gasteiger partial charge in [-0.3, -0.25) is 9.78 Å². The fourth-order valence-corrected chi connectivity index (χ4v) is 3.21. The minimum Gasteiger partial charge on any atom is -0.342 e. The van der Waals surface area contributed by atoms with Crippen molar-refractivity contribution in [3.63, 3.8) is 0 Å². The summed E-state index contributed by atoms with van der Waals surface area (Å²) in [7, 11) is 0. The van der Waals surface area contributed by atoms with Gasteiger partial charge in [0, 0.05) is 51.2 Å². The van der Waals surface area contributed by atoms with Crippen LogP contribution < -0.4 is 0 Å². The second kappa shape index (κ2) is 6.91. The Morgan fingerprint density at radius 3 is 2.83 bits per heavy atom. The van der Waals surface area contributed by atoms with Crippen molar-refractivity contribution in [1.82, 2.24) is 9.88 Å². The van der Waals surface area contributed by atoms with Crippen LogP contribution >= 0.6 is 0 Å². The number of aromatic nitrogens is 1. The van der Waals surface area contributed by atoms with E-state index in [0.29, 0.717) is 25.2 Å². The monoisotopic (exact) mass is 310 g/mol. The van der Waals surface area contributed by atoms with Crippen molar-refractivity contribution in [2.75, 3.05) is 13.1 Å². The molecule has 1 aromatic rings. The predicted molar refractivity (Wildman–Crippen MR) is 87.5 cm³/mol. The number of likely N-dealkylation sites (tertiary alicyclic amines) is 1. The van der Waals surface area contributed by atoms with Gasteiger partial charge in [-0.25, -0.2) is 0 Å². The molecule has 0 radical (unpaired) electrons. The number of hydrogen-bond donors (Lipinski definition) is 0. The van der Waals surface area contributed by atoms with Crippen LogP contribution in [0.3, 0.4) is 0 Å². The molecule has 0 aromatic carbocycles. The van der Waals surface area contributed by atoms with Gasteiger partial charge in [0.1, 0.15) is 0 Å². The third-order valence-electron chi connectivity index (χ3n) is 4.70. The Kier molecular flexibility index (Phi) is 4.71. The van der Waals surface area contributed by atoms with Gasteiger partial charge in [-0.05, 0) is 36.5 Å². The van der Waals surface area contributed by atoms with E-state index in [1.54, 1.807) is 0 Å². The molecule has 1 unspecified atom stereocenters. The molecule has 0 bridgehead atoms. The number of carbonyl (C=O) groups excluding carboxylic acids is 1. The lowest BCUT2D eigenvalue weighted by Gasteiger charge is -2.17. The molecule has 1 saturated heterocycles. The largest absolute Gasteiger partial charge is 0.342 e. The molecule has 1 aromatic heterocycles. The topological polar surface area (TPSA) is 57.9 Å². The number of amides is 1.